The molecule has 0 unspecified atom stereocenters. The van der Waals surface area contributed by atoms with Gasteiger partial charge >= 0.3 is 0 Å². The van der Waals surface area contributed by atoms with Gasteiger partial charge in [0, 0.05) is 5.69 Å². The van der Waals surface area contributed by atoms with E-state index in [2.05, 4.69) is 9.97 Å². The van der Waals surface area contributed by atoms with E-state index in [0.717, 1.165) is 11.2 Å². The van der Waals surface area contributed by atoms with E-state index in [1.54, 1.807) is 4.57 Å². The van der Waals surface area contributed by atoms with Crippen molar-refractivity contribution in [2.75, 3.05) is 6.67 Å². The van der Waals surface area contributed by atoms with Gasteiger partial charge in [0.25, 0.3) is 0 Å². The van der Waals surface area contributed by atoms with E-state index in [9.17, 15) is 4.39 Å². The zero-order chi connectivity index (χ0) is 10.8. The van der Waals surface area contributed by atoms with Crippen LogP contribution in [0.5, 0.6) is 0 Å². The van der Waals surface area contributed by atoms with E-state index in [4.69, 9.17) is 11.6 Å². The number of aromatic nitrogens is 3. The van der Waals surface area contributed by atoms with Crippen molar-refractivity contribution in [1.82, 2.24) is 14.5 Å². The molecule has 0 aliphatic rings. The Balaban J connectivity index is 2.65. The molecule has 0 N–H and O–H groups in total. The van der Waals surface area contributed by atoms with Gasteiger partial charge in [-0.3, -0.25) is 0 Å². The molecule has 2 aromatic rings. The fraction of sp³-hybridized carbons (Fsp3) is 0.400. The van der Waals surface area contributed by atoms with Crippen LogP contribution in [-0.4, -0.2) is 21.2 Å². The maximum Gasteiger partial charge on any atom is 0.160 e. The lowest BCUT2D eigenvalue weighted by atomic mass is 10.3. The van der Waals surface area contributed by atoms with E-state index in [-0.39, 0.29) is 12.4 Å². The Morgan fingerprint density at radius 3 is 2.87 bits per heavy atom. The van der Waals surface area contributed by atoms with Crippen LogP contribution < -0.4 is 0 Å². The van der Waals surface area contributed by atoms with E-state index in [1.165, 1.54) is 0 Å². The highest BCUT2D eigenvalue weighted by Gasteiger charge is 2.10. The molecule has 2 heterocycles. The molecule has 0 atom stereocenters. The topological polar surface area (TPSA) is 30.7 Å². The van der Waals surface area contributed by atoms with Crippen molar-refractivity contribution in [3.63, 3.8) is 0 Å². The number of rotatable bonds is 3. The second kappa shape index (κ2) is 4.14. The van der Waals surface area contributed by atoms with Crippen LogP contribution in [0.15, 0.2) is 12.1 Å². The number of nitrogens with zero attached hydrogens (tertiary/aromatic N) is 3. The predicted molar refractivity (Wildman–Crippen MR) is 57.8 cm³/mol. The molecule has 0 aliphatic heterocycles. The van der Waals surface area contributed by atoms with E-state index in [1.807, 2.05) is 19.1 Å². The van der Waals surface area contributed by atoms with Crippen LogP contribution in [-0.2, 0) is 12.4 Å². The molecule has 0 radical (unpaired) electrons. The molecule has 0 spiro atoms. The zero-order valence-electron chi connectivity index (χ0n) is 8.37. The molecular weight excluding hydrogens is 217 g/mol. The van der Waals surface area contributed by atoms with Gasteiger partial charge in [-0.05, 0) is 19.1 Å². The van der Waals surface area contributed by atoms with Crippen molar-refractivity contribution < 1.29 is 4.39 Å². The van der Waals surface area contributed by atoms with Crippen LogP contribution in [0.1, 0.15) is 11.5 Å². The average Bonchev–Trinajstić information content (AvgIpc) is 2.57. The smallest absolute Gasteiger partial charge is 0.160 e. The third kappa shape index (κ3) is 1.81. The lowest BCUT2D eigenvalue weighted by Gasteiger charge is -2.03. The first-order valence-corrected chi connectivity index (χ1v) is 5.24. The second-order valence-corrected chi connectivity index (χ2v) is 3.56. The van der Waals surface area contributed by atoms with Crippen molar-refractivity contribution in [2.45, 2.75) is 19.3 Å². The second-order valence-electron chi connectivity index (χ2n) is 3.30. The van der Waals surface area contributed by atoms with E-state index < -0.39 is 6.67 Å². The fourth-order valence-electron chi connectivity index (χ4n) is 1.56. The predicted octanol–water partition coefficient (Wildman–Crippen LogP) is 2.45. The third-order valence-electron chi connectivity index (χ3n) is 2.24. The maximum absolute atomic E-state index is 12.4. The summed E-state index contributed by atoms with van der Waals surface area (Å²) < 4.78 is 14.1. The molecule has 3 nitrogen and oxygen atoms in total. The highest BCUT2D eigenvalue weighted by atomic mass is 35.5. The molecule has 0 bridgehead atoms. The molecule has 0 saturated carbocycles. The number of hydrogen-bond donors (Lipinski definition) is 0. The Morgan fingerprint density at radius 1 is 1.40 bits per heavy atom. The molecule has 0 amide bonds. The summed E-state index contributed by atoms with van der Waals surface area (Å²) in [6.45, 7) is 1.71. The van der Waals surface area contributed by atoms with Crippen molar-refractivity contribution >= 4 is 22.8 Å². The fourth-order valence-corrected chi connectivity index (χ4v) is 1.77. The summed E-state index contributed by atoms with van der Waals surface area (Å²) in [5, 5.41) is 0. The quantitative estimate of drug-likeness (QED) is 0.755. The lowest BCUT2D eigenvalue weighted by molar-refractivity contribution is 0.445. The summed E-state index contributed by atoms with van der Waals surface area (Å²) in [5.41, 5.74) is 2.37. The first-order chi connectivity index (χ1) is 7.26. The molecule has 15 heavy (non-hydrogen) atoms. The summed E-state index contributed by atoms with van der Waals surface area (Å²) in [5.74, 6) is 0.942. The van der Waals surface area contributed by atoms with E-state index >= 15 is 0 Å². The van der Waals surface area contributed by atoms with Crippen molar-refractivity contribution in [1.29, 1.82) is 0 Å². The molecule has 2 aromatic heterocycles. The normalized spacial score (nSPS) is 11.1. The first kappa shape index (κ1) is 10.4. The van der Waals surface area contributed by atoms with Crippen molar-refractivity contribution in [3.05, 3.63) is 23.7 Å². The molecule has 0 aromatic carbocycles. The number of imidazole rings is 1. The van der Waals surface area contributed by atoms with Crippen LogP contribution in [0.3, 0.4) is 0 Å². The van der Waals surface area contributed by atoms with Crippen LogP contribution in [0.4, 0.5) is 4.39 Å². The number of aryl methyl sites for hydroxylation is 2. The summed E-state index contributed by atoms with van der Waals surface area (Å²) in [7, 11) is 0. The van der Waals surface area contributed by atoms with Gasteiger partial charge in [0.1, 0.15) is 18.0 Å². The van der Waals surface area contributed by atoms with Gasteiger partial charge < -0.3 is 4.57 Å². The standard InChI is InChI=1S/C10H11ClFN3/c1-7-2-3-8-10(13-7)15(5-4-12)9(6-11)14-8/h2-3H,4-6H2,1H3. The summed E-state index contributed by atoms with van der Waals surface area (Å²) in [6, 6.07) is 3.76. The first-order valence-electron chi connectivity index (χ1n) is 4.71. The summed E-state index contributed by atoms with van der Waals surface area (Å²) in [6.07, 6.45) is 0. The molecule has 5 heteroatoms. The third-order valence-corrected chi connectivity index (χ3v) is 2.48. The van der Waals surface area contributed by atoms with Gasteiger partial charge in [0.15, 0.2) is 5.65 Å². The molecule has 2 rings (SSSR count). The van der Waals surface area contributed by atoms with Crippen LogP contribution in [0.2, 0.25) is 0 Å². The Morgan fingerprint density at radius 2 is 2.20 bits per heavy atom. The Bertz CT molecular complexity index is 481. The Labute approximate surface area is 91.9 Å². The van der Waals surface area contributed by atoms with Crippen molar-refractivity contribution in [3.8, 4) is 0 Å². The highest BCUT2D eigenvalue weighted by Crippen LogP contribution is 2.16. The molecule has 0 aliphatic carbocycles. The monoisotopic (exact) mass is 227 g/mol. The van der Waals surface area contributed by atoms with Crippen LogP contribution >= 0.6 is 11.6 Å². The van der Waals surface area contributed by atoms with Gasteiger partial charge in [-0.15, -0.1) is 11.6 Å². The summed E-state index contributed by atoms with van der Waals surface area (Å²) in [4.78, 5) is 8.63. The van der Waals surface area contributed by atoms with Gasteiger partial charge in [0.2, 0.25) is 0 Å². The average molecular weight is 228 g/mol. The molecular formula is C10H11ClFN3. The number of fused-ring (bicyclic) bond motifs is 1. The SMILES string of the molecule is Cc1ccc2nc(CCl)n(CCF)c2n1. The number of alkyl halides is 2. The van der Waals surface area contributed by atoms with Crippen LogP contribution in [0, 0.1) is 6.92 Å². The van der Waals surface area contributed by atoms with Gasteiger partial charge in [-0.25, -0.2) is 14.4 Å². The summed E-state index contributed by atoms with van der Waals surface area (Å²) >= 11 is 5.75. The van der Waals surface area contributed by atoms with Gasteiger partial charge in [0.05, 0.1) is 12.4 Å². The number of hydrogen-bond acceptors (Lipinski definition) is 2. The lowest BCUT2D eigenvalue weighted by Crippen LogP contribution is -2.04. The minimum absolute atomic E-state index is 0.259. The highest BCUT2D eigenvalue weighted by molar-refractivity contribution is 6.16. The minimum Gasteiger partial charge on any atom is -0.309 e. The van der Waals surface area contributed by atoms with Crippen molar-refractivity contribution in [2.24, 2.45) is 0 Å². The molecule has 80 valence electrons. The Kier molecular flexibility index (Phi) is 2.86. The number of pyridine rings is 1. The van der Waals surface area contributed by atoms with E-state index in [0.29, 0.717) is 11.5 Å². The maximum atomic E-state index is 12.4. The Hall–Kier alpha value is -1.16. The number of halogens is 2. The zero-order valence-corrected chi connectivity index (χ0v) is 9.13. The molecule has 0 saturated heterocycles. The van der Waals surface area contributed by atoms with Gasteiger partial charge in [-0.1, -0.05) is 0 Å². The largest absolute Gasteiger partial charge is 0.309 e. The van der Waals surface area contributed by atoms with Gasteiger partial charge in [-0.2, -0.15) is 0 Å². The van der Waals surface area contributed by atoms with Crippen LogP contribution in [0.25, 0.3) is 11.2 Å². The minimum atomic E-state index is -0.440. The molecule has 0 fully saturated rings.